The van der Waals surface area contributed by atoms with Crippen LogP contribution in [0.4, 0.5) is 0 Å². The zero-order valence-electron chi connectivity index (χ0n) is 21.7. The molecule has 1 amide bonds. The number of carboxylic acid groups (broad SMARTS) is 1. The molecule has 0 bridgehead atoms. The number of rotatable bonds is 6. The highest BCUT2D eigenvalue weighted by Crippen LogP contribution is 2.37. The Balaban J connectivity index is 1.52. The van der Waals surface area contributed by atoms with E-state index in [0.717, 1.165) is 27.6 Å². The van der Waals surface area contributed by atoms with Crippen molar-refractivity contribution in [2.24, 2.45) is 5.10 Å². The summed E-state index contributed by atoms with van der Waals surface area (Å²) in [5.41, 5.74) is 6.06. The molecule has 2 aromatic heterocycles. The number of aryl methyl sites for hydroxylation is 1. The highest BCUT2D eigenvalue weighted by Gasteiger charge is 2.35. The van der Waals surface area contributed by atoms with Gasteiger partial charge in [-0.1, -0.05) is 54.1 Å². The summed E-state index contributed by atoms with van der Waals surface area (Å²) in [5.74, 6) is -1.50. The highest BCUT2D eigenvalue weighted by atomic mass is 16.4. The largest absolute Gasteiger partial charge is 0.481 e. The second-order valence-electron chi connectivity index (χ2n) is 9.82. The van der Waals surface area contributed by atoms with Crippen LogP contribution in [0, 0.1) is 6.92 Å². The van der Waals surface area contributed by atoms with Gasteiger partial charge in [-0.15, -0.1) is 0 Å². The third-order valence-corrected chi connectivity index (χ3v) is 7.15. The fourth-order valence-electron chi connectivity index (χ4n) is 5.21. The van der Waals surface area contributed by atoms with Crippen LogP contribution in [-0.4, -0.2) is 42.7 Å². The van der Waals surface area contributed by atoms with Crippen molar-refractivity contribution < 1.29 is 14.7 Å². The number of pyridine rings is 1. The minimum atomic E-state index is -1.07. The van der Waals surface area contributed by atoms with Crippen LogP contribution in [-0.2, 0) is 9.59 Å². The number of benzene rings is 3. The van der Waals surface area contributed by atoms with Gasteiger partial charge in [0.25, 0.3) is 5.56 Å². The van der Waals surface area contributed by atoms with Crippen LogP contribution >= 0.6 is 0 Å². The number of nitrogens with zero attached hydrogens (tertiary/aromatic N) is 4. The Hall–Kier alpha value is -5.18. The maximum absolute atomic E-state index is 13.7. The average molecular weight is 532 g/mol. The Morgan fingerprint density at radius 3 is 2.48 bits per heavy atom. The standard InChI is InChI=1S/C31H25N5O4/c1-18-6-8-19(9-7-18)29-21-4-2-3-5-22(21)34-31(40)30(29)25-17-26(36(35-25)27(37)12-13-28(38)39)20-10-11-23-24(16-20)33-15-14-32-23/h2-11,14-16,26H,12-13,17H2,1H3,(H,34,40)(H,38,39)/t26-/m0/s1. The lowest BCUT2D eigenvalue weighted by Crippen LogP contribution is -2.27. The van der Waals surface area contributed by atoms with Gasteiger partial charge in [-0.3, -0.25) is 24.4 Å². The first-order chi connectivity index (χ1) is 19.4. The minimum Gasteiger partial charge on any atom is -0.481 e. The lowest BCUT2D eigenvalue weighted by molar-refractivity contribution is -0.141. The van der Waals surface area contributed by atoms with Crippen LogP contribution in [0.25, 0.3) is 33.1 Å². The summed E-state index contributed by atoms with van der Waals surface area (Å²) in [6.45, 7) is 2.00. The van der Waals surface area contributed by atoms with Gasteiger partial charge in [0, 0.05) is 41.7 Å². The number of carbonyl (C=O) groups excluding carboxylic acids is 1. The molecule has 3 aromatic carbocycles. The van der Waals surface area contributed by atoms with E-state index in [0.29, 0.717) is 27.8 Å². The summed E-state index contributed by atoms with van der Waals surface area (Å²) in [6, 6.07) is 20.5. The number of aromatic amines is 1. The zero-order chi connectivity index (χ0) is 27.8. The van der Waals surface area contributed by atoms with Gasteiger partial charge in [-0.05, 0) is 36.2 Å². The predicted octanol–water partition coefficient (Wildman–Crippen LogP) is 4.99. The monoisotopic (exact) mass is 531 g/mol. The molecule has 6 rings (SSSR count). The molecule has 5 aromatic rings. The van der Waals surface area contributed by atoms with E-state index in [4.69, 9.17) is 5.10 Å². The Labute approximate surface area is 228 Å². The van der Waals surface area contributed by atoms with Gasteiger partial charge in [-0.2, -0.15) is 5.10 Å². The van der Waals surface area contributed by atoms with Crippen molar-refractivity contribution in [1.82, 2.24) is 20.0 Å². The van der Waals surface area contributed by atoms with Gasteiger partial charge in [0.2, 0.25) is 5.91 Å². The Morgan fingerprint density at radius 2 is 1.70 bits per heavy atom. The van der Waals surface area contributed by atoms with Crippen LogP contribution in [0.5, 0.6) is 0 Å². The van der Waals surface area contributed by atoms with Crippen molar-refractivity contribution in [3.63, 3.8) is 0 Å². The molecule has 198 valence electrons. The van der Waals surface area contributed by atoms with Crippen LogP contribution in [0.2, 0.25) is 0 Å². The fraction of sp³-hybridized carbons (Fsp3) is 0.161. The molecule has 0 fully saturated rings. The minimum absolute atomic E-state index is 0.213. The number of hydrogen-bond acceptors (Lipinski definition) is 6. The molecule has 1 atom stereocenters. The molecule has 0 spiro atoms. The summed E-state index contributed by atoms with van der Waals surface area (Å²) in [7, 11) is 0. The van der Waals surface area contributed by atoms with Crippen molar-refractivity contribution in [3.8, 4) is 11.1 Å². The van der Waals surface area contributed by atoms with E-state index in [1.165, 1.54) is 5.01 Å². The van der Waals surface area contributed by atoms with E-state index in [2.05, 4.69) is 15.0 Å². The second kappa shape index (κ2) is 10.2. The number of nitrogens with one attached hydrogen (secondary N) is 1. The van der Waals surface area contributed by atoms with Gasteiger partial charge >= 0.3 is 5.97 Å². The number of fused-ring (bicyclic) bond motifs is 2. The smallest absolute Gasteiger partial charge is 0.303 e. The summed E-state index contributed by atoms with van der Waals surface area (Å²) >= 11 is 0. The van der Waals surface area contributed by atoms with Crippen LogP contribution in [0.3, 0.4) is 0 Å². The molecule has 1 aliphatic rings. The maximum atomic E-state index is 13.7. The lowest BCUT2D eigenvalue weighted by Gasteiger charge is -2.22. The van der Waals surface area contributed by atoms with Crippen molar-refractivity contribution in [1.29, 1.82) is 0 Å². The molecule has 1 aliphatic heterocycles. The molecule has 0 saturated carbocycles. The van der Waals surface area contributed by atoms with E-state index in [1.807, 2.05) is 73.7 Å². The number of aromatic nitrogens is 3. The molecule has 3 heterocycles. The molecule has 0 saturated heterocycles. The van der Waals surface area contributed by atoms with E-state index in [1.54, 1.807) is 12.4 Å². The first-order valence-electron chi connectivity index (χ1n) is 12.9. The molecular formula is C31H25N5O4. The molecule has 40 heavy (non-hydrogen) atoms. The van der Waals surface area contributed by atoms with Gasteiger partial charge in [0.05, 0.1) is 34.8 Å². The number of H-pyrrole nitrogens is 1. The van der Waals surface area contributed by atoms with E-state index in [9.17, 15) is 19.5 Å². The Bertz CT molecular complexity index is 1880. The first kappa shape index (κ1) is 25.1. The number of aliphatic carboxylic acids is 1. The molecule has 2 N–H and O–H groups in total. The normalized spacial score (nSPS) is 15.0. The van der Waals surface area contributed by atoms with Crippen molar-refractivity contribution >= 4 is 39.5 Å². The predicted molar refractivity (Wildman–Crippen MR) is 152 cm³/mol. The summed E-state index contributed by atoms with van der Waals surface area (Å²) in [4.78, 5) is 49.9. The van der Waals surface area contributed by atoms with Gasteiger partial charge < -0.3 is 10.1 Å². The Morgan fingerprint density at radius 1 is 0.950 bits per heavy atom. The number of carboxylic acids is 1. The van der Waals surface area contributed by atoms with Crippen molar-refractivity contribution in [3.05, 3.63) is 106 Å². The Kier molecular flexibility index (Phi) is 6.39. The van der Waals surface area contributed by atoms with Crippen LogP contribution in [0.1, 0.15) is 42.0 Å². The summed E-state index contributed by atoms with van der Waals surface area (Å²) in [6.07, 6.45) is 2.95. The first-order valence-corrected chi connectivity index (χ1v) is 12.9. The highest BCUT2D eigenvalue weighted by molar-refractivity contribution is 6.13. The quantitative estimate of drug-likeness (QED) is 0.318. The van der Waals surface area contributed by atoms with E-state index >= 15 is 0 Å². The number of para-hydroxylation sites is 1. The topological polar surface area (TPSA) is 129 Å². The average Bonchev–Trinajstić information content (AvgIpc) is 3.40. The molecule has 0 aliphatic carbocycles. The van der Waals surface area contributed by atoms with Gasteiger partial charge in [0.1, 0.15) is 0 Å². The second-order valence-corrected chi connectivity index (χ2v) is 9.82. The van der Waals surface area contributed by atoms with Gasteiger partial charge in [0.15, 0.2) is 0 Å². The SMILES string of the molecule is Cc1ccc(-c2c(C3=NN(C(=O)CCC(=O)O)[C@H](c4ccc5nccnc5c4)C3)c(=O)[nH]c3ccccc23)cc1. The fourth-order valence-corrected chi connectivity index (χ4v) is 5.21. The van der Waals surface area contributed by atoms with Crippen LogP contribution < -0.4 is 5.56 Å². The number of amides is 1. The van der Waals surface area contributed by atoms with E-state index in [-0.39, 0.29) is 24.8 Å². The summed E-state index contributed by atoms with van der Waals surface area (Å²) < 4.78 is 0. The van der Waals surface area contributed by atoms with Crippen molar-refractivity contribution in [2.75, 3.05) is 0 Å². The van der Waals surface area contributed by atoms with Gasteiger partial charge in [-0.25, -0.2) is 5.01 Å². The van der Waals surface area contributed by atoms with Crippen molar-refractivity contribution in [2.45, 2.75) is 32.2 Å². The molecule has 0 unspecified atom stereocenters. The molecule has 9 nitrogen and oxygen atoms in total. The third-order valence-electron chi connectivity index (χ3n) is 7.15. The molecular weight excluding hydrogens is 506 g/mol. The number of carbonyl (C=O) groups is 2. The maximum Gasteiger partial charge on any atom is 0.303 e. The zero-order valence-corrected chi connectivity index (χ0v) is 21.7. The lowest BCUT2D eigenvalue weighted by atomic mass is 9.90. The molecule has 0 radical (unpaired) electrons. The molecule has 9 heteroatoms. The van der Waals surface area contributed by atoms with Crippen LogP contribution in [0.15, 0.2) is 89.0 Å². The number of hydrogen-bond donors (Lipinski definition) is 2. The third kappa shape index (κ3) is 4.62. The van der Waals surface area contributed by atoms with E-state index < -0.39 is 17.9 Å². The summed E-state index contributed by atoms with van der Waals surface area (Å²) in [5, 5.41) is 16.1. The number of hydrazone groups is 1.